The van der Waals surface area contributed by atoms with E-state index in [1.54, 1.807) is 10.6 Å². The maximum atomic E-state index is 12.6. The van der Waals surface area contributed by atoms with Gasteiger partial charge in [-0.3, -0.25) is 14.2 Å². The Balaban J connectivity index is 1.46. The number of fused-ring (bicyclic) bond motifs is 2. The number of hydrogen-bond acceptors (Lipinski definition) is 3. The van der Waals surface area contributed by atoms with Crippen molar-refractivity contribution in [3.8, 4) is 0 Å². The summed E-state index contributed by atoms with van der Waals surface area (Å²) in [6.07, 6.45) is 9.84. The number of rotatable bonds is 4. The Morgan fingerprint density at radius 2 is 2.04 bits per heavy atom. The molecule has 25 heavy (non-hydrogen) atoms. The molecule has 4 rings (SSSR count). The molecule has 1 fully saturated rings. The third kappa shape index (κ3) is 3.46. The van der Waals surface area contributed by atoms with Gasteiger partial charge in [-0.05, 0) is 37.0 Å². The van der Waals surface area contributed by atoms with Crippen LogP contribution in [0.5, 0.6) is 0 Å². The molecule has 1 N–H and O–H groups in total. The van der Waals surface area contributed by atoms with E-state index in [9.17, 15) is 9.59 Å². The number of anilines is 1. The van der Waals surface area contributed by atoms with Crippen molar-refractivity contribution in [3.63, 3.8) is 0 Å². The van der Waals surface area contributed by atoms with Gasteiger partial charge in [0.05, 0.1) is 10.9 Å². The topological polar surface area (TPSA) is 64.0 Å². The monoisotopic (exact) mass is 339 g/mol. The van der Waals surface area contributed by atoms with Gasteiger partial charge in [0.2, 0.25) is 5.91 Å². The summed E-state index contributed by atoms with van der Waals surface area (Å²) in [6, 6.07) is 5.46. The fourth-order valence-electron chi connectivity index (χ4n) is 4.20. The molecule has 5 nitrogen and oxygen atoms in total. The SMILES string of the molecule is O=C(CCC1CCCCC1)Nc1ccc2nc3n(c(=O)c2c1)CCC3. The van der Waals surface area contributed by atoms with Crippen molar-refractivity contribution < 1.29 is 4.79 Å². The van der Waals surface area contributed by atoms with Crippen LogP contribution in [0.15, 0.2) is 23.0 Å². The number of aromatic nitrogens is 2. The van der Waals surface area contributed by atoms with Crippen LogP contribution in [0.3, 0.4) is 0 Å². The molecule has 0 spiro atoms. The predicted octanol–water partition coefficient (Wildman–Crippen LogP) is 3.64. The van der Waals surface area contributed by atoms with E-state index in [0.717, 1.165) is 37.1 Å². The quantitative estimate of drug-likeness (QED) is 0.925. The lowest BCUT2D eigenvalue weighted by molar-refractivity contribution is -0.116. The van der Waals surface area contributed by atoms with Gasteiger partial charge in [-0.15, -0.1) is 0 Å². The summed E-state index contributed by atoms with van der Waals surface area (Å²) >= 11 is 0. The Labute approximate surface area is 147 Å². The minimum Gasteiger partial charge on any atom is -0.326 e. The predicted molar refractivity (Wildman–Crippen MR) is 98.8 cm³/mol. The lowest BCUT2D eigenvalue weighted by atomic mass is 9.86. The standard InChI is InChI=1S/C20H25N3O2/c24-19(11-8-14-5-2-1-3-6-14)21-15-9-10-17-16(13-15)20(25)23-12-4-7-18(23)22-17/h9-10,13-14H,1-8,11-12H2,(H,21,24). The van der Waals surface area contributed by atoms with E-state index in [2.05, 4.69) is 10.3 Å². The third-order valence-corrected chi connectivity index (χ3v) is 5.60. The highest BCUT2D eigenvalue weighted by Crippen LogP contribution is 2.27. The summed E-state index contributed by atoms with van der Waals surface area (Å²) in [7, 11) is 0. The van der Waals surface area contributed by atoms with Crippen LogP contribution in [0.4, 0.5) is 5.69 Å². The highest BCUT2D eigenvalue weighted by atomic mass is 16.1. The lowest BCUT2D eigenvalue weighted by Crippen LogP contribution is -2.21. The first-order chi connectivity index (χ1) is 12.2. The van der Waals surface area contributed by atoms with E-state index in [1.165, 1.54) is 32.1 Å². The molecule has 0 unspecified atom stereocenters. The largest absolute Gasteiger partial charge is 0.326 e. The van der Waals surface area contributed by atoms with Crippen molar-refractivity contribution in [3.05, 3.63) is 34.4 Å². The van der Waals surface area contributed by atoms with Gasteiger partial charge in [-0.2, -0.15) is 0 Å². The van der Waals surface area contributed by atoms with Crippen LogP contribution in [-0.2, 0) is 17.8 Å². The van der Waals surface area contributed by atoms with Gasteiger partial charge in [0.1, 0.15) is 5.82 Å². The van der Waals surface area contributed by atoms with Crippen molar-refractivity contribution in [2.75, 3.05) is 5.32 Å². The smallest absolute Gasteiger partial charge is 0.261 e. The van der Waals surface area contributed by atoms with E-state index in [4.69, 9.17) is 0 Å². The number of hydrogen-bond donors (Lipinski definition) is 1. The summed E-state index contributed by atoms with van der Waals surface area (Å²) in [5, 5.41) is 3.55. The molecule has 0 radical (unpaired) electrons. The summed E-state index contributed by atoms with van der Waals surface area (Å²) in [4.78, 5) is 29.4. The molecule has 0 saturated heterocycles. The molecule has 1 aliphatic carbocycles. The van der Waals surface area contributed by atoms with Crippen molar-refractivity contribution in [2.45, 2.75) is 64.3 Å². The van der Waals surface area contributed by atoms with Crippen LogP contribution in [-0.4, -0.2) is 15.5 Å². The number of carbonyl (C=O) groups excluding carboxylic acids is 1. The van der Waals surface area contributed by atoms with Gasteiger partial charge < -0.3 is 5.32 Å². The molecule has 0 bridgehead atoms. The van der Waals surface area contributed by atoms with Gasteiger partial charge in [-0.25, -0.2) is 4.98 Å². The van der Waals surface area contributed by atoms with Crippen molar-refractivity contribution in [1.29, 1.82) is 0 Å². The highest BCUT2D eigenvalue weighted by molar-refractivity contribution is 5.93. The molecule has 1 aromatic heterocycles. The Bertz CT molecular complexity index is 850. The first-order valence-corrected chi connectivity index (χ1v) is 9.54. The van der Waals surface area contributed by atoms with E-state index < -0.39 is 0 Å². The van der Waals surface area contributed by atoms with Crippen LogP contribution in [0.25, 0.3) is 10.9 Å². The molecule has 1 saturated carbocycles. The highest BCUT2D eigenvalue weighted by Gasteiger charge is 2.17. The van der Waals surface area contributed by atoms with Crippen LogP contribution < -0.4 is 10.9 Å². The Kier molecular flexibility index (Phi) is 4.55. The number of amides is 1. The van der Waals surface area contributed by atoms with Crippen molar-refractivity contribution >= 4 is 22.5 Å². The van der Waals surface area contributed by atoms with E-state index in [0.29, 0.717) is 23.4 Å². The molecule has 1 amide bonds. The second kappa shape index (κ2) is 6.98. The number of carbonyl (C=O) groups is 1. The zero-order valence-electron chi connectivity index (χ0n) is 14.6. The van der Waals surface area contributed by atoms with Crippen LogP contribution >= 0.6 is 0 Å². The molecule has 1 aromatic carbocycles. The number of benzene rings is 1. The maximum Gasteiger partial charge on any atom is 0.261 e. The molecule has 1 aliphatic heterocycles. The second-order valence-electron chi connectivity index (χ2n) is 7.41. The van der Waals surface area contributed by atoms with Gasteiger partial charge in [0.15, 0.2) is 0 Å². The maximum absolute atomic E-state index is 12.6. The average molecular weight is 339 g/mol. The number of nitrogens with zero attached hydrogens (tertiary/aromatic N) is 2. The van der Waals surface area contributed by atoms with E-state index in [-0.39, 0.29) is 11.5 Å². The van der Waals surface area contributed by atoms with Gasteiger partial charge in [0, 0.05) is 25.1 Å². The summed E-state index contributed by atoms with van der Waals surface area (Å²) in [6.45, 7) is 0.745. The van der Waals surface area contributed by atoms with Crippen LogP contribution in [0.2, 0.25) is 0 Å². The van der Waals surface area contributed by atoms with Gasteiger partial charge >= 0.3 is 0 Å². The fraction of sp³-hybridized carbons (Fsp3) is 0.550. The second-order valence-corrected chi connectivity index (χ2v) is 7.41. The molecule has 132 valence electrons. The van der Waals surface area contributed by atoms with Crippen LogP contribution in [0.1, 0.15) is 57.2 Å². The zero-order chi connectivity index (χ0) is 17.2. The molecular weight excluding hydrogens is 314 g/mol. The summed E-state index contributed by atoms with van der Waals surface area (Å²) in [5.74, 6) is 1.62. The molecule has 2 aliphatic rings. The van der Waals surface area contributed by atoms with Crippen molar-refractivity contribution in [1.82, 2.24) is 9.55 Å². The number of nitrogens with one attached hydrogen (secondary N) is 1. The Hall–Kier alpha value is -2.17. The van der Waals surface area contributed by atoms with Gasteiger partial charge in [0.25, 0.3) is 5.56 Å². The fourth-order valence-corrected chi connectivity index (χ4v) is 4.20. The summed E-state index contributed by atoms with van der Waals surface area (Å²) in [5.41, 5.74) is 1.42. The summed E-state index contributed by atoms with van der Waals surface area (Å²) < 4.78 is 1.76. The molecule has 0 atom stereocenters. The Morgan fingerprint density at radius 1 is 1.20 bits per heavy atom. The van der Waals surface area contributed by atoms with Crippen LogP contribution in [0, 0.1) is 5.92 Å². The number of aryl methyl sites for hydroxylation is 1. The zero-order valence-corrected chi connectivity index (χ0v) is 14.6. The average Bonchev–Trinajstić information content (AvgIpc) is 3.10. The first-order valence-electron chi connectivity index (χ1n) is 9.54. The van der Waals surface area contributed by atoms with Crippen molar-refractivity contribution in [2.24, 2.45) is 5.92 Å². The Morgan fingerprint density at radius 3 is 2.88 bits per heavy atom. The molecular formula is C20H25N3O2. The van der Waals surface area contributed by atoms with E-state index >= 15 is 0 Å². The molecule has 2 aromatic rings. The minimum atomic E-state index is 0.0100. The molecule has 2 heterocycles. The first kappa shape index (κ1) is 16.3. The van der Waals surface area contributed by atoms with Gasteiger partial charge in [-0.1, -0.05) is 32.1 Å². The lowest BCUT2D eigenvalue weighted by Gasteiger charge is -2.21. The van der Waals surface area contributed by atoms with E-state index in [1.807, 2.05) is 12.1 Å². The normalized spacial score (nSPS) is 17.6. The molecule has 5 heteroatoms. The third-order valence-electron chi connectivity index (χ3n) is 5.60. The minimum absolute atomic E-state index is 0.0100.